The molecule has 0 bridgehead atoms. The van der Waals surface area contributed by atoms with Crippen LogP contribution in [-0.2, 0) is 14.3 Å². The van der Waals surface area contributed by atoms with Crippen molar-refractivity contribution in [3.8, 4) is 0 Å². The van der Waals surface area contributed by atoms with Gasteiger partial charge >= 0.3 is 5.97 Å². The first-order valence-corrected chi connectivity index (χ1v) is 7.70. The highest BCUT2D eigenvalue weighted by atomic mass is 16.5. The van der Waals surface area contributed by atoms with Crippen LogP contribution in [0.2, 0.25) is 0 Å². The van der Waals surface area contributed by atoms with Gasteiger partial charge in [-0.1, -0.05) is 45.0 Å². The van der Waals surface area contributed by atoms with Gasteiger partial charge < -0.3 is 10.1 Å². The van der Waals surface area contributed by atoms with E-state index in [1.54, 1.807) is 13.0 Å². The lowest BCUT2D eigenvalue weighted by Gasteiger charge is -2.11. The van der Waals surface area contributed by atoms with E-state index >= 15 is 0 Å². The van der Waals surface area contributed by atoms with Gasteiger partial charge in [0.05, 0.1) is 0 Å². The molecule has 0 aliphatic rings. The number of rotatable bonds is 7. The Hall–Kier alpha value is -2.10. The fraction of sp³-hybridized carbons (Fsp3) is 0.444. The molecule has 1 aromatic carbocycles. The molecule has 0 radical (unpaired) electrons. The number of carbonyl (C=O) groups is 2. The van der Waals surface area contributed by atoms with Crippen LogP contribution < -0.4 is 5.32 Å². The van der Waals surface area contributed by atoms with Gasteiger partial charge in [-0.05, 0) is 36.5 Å². The topological polar surface area (TPSA) is 55.4 Å². The Labute approximate surface area is 132 Å². The lowest BCUT2D eigenvalue weighted by Crippen LogP contribution is -2.35. The summed E-state index contributed by atoms with van der Waals surface area (Å²) in [4.78, 5) is 23.3. The van der Waals surface area contributed by atoms with Crippen LogP contribution in [0.3, 0.4) is 0 Å². The van der Waals surface area contributed by atoms with Gasteiger partial charge in [0.15, 0.2) is 6.10 Å². The molecule has 0 aromatic heterocycles. The smallest absolute Gasteiger partial charge is 0.331 e. The van der Waals surface area contributed by atoms with Crippen molar-refractivity contribution in [2.24, 2.45) is 0 Å². The minimum Gasteiger partial charge on any atom is -0.449 e. The van der Waals surface area contributed by atoms with Crippen molar-refractivity contribution in [1.29, 1.82) is 0 Å². The normalized spacial score (nSPS) is 12.4. The number of amides is 1. The summed E-state index contributed by atoms with van der Waals surface area (Å²) in [5.41, 5.74) is 2.17. The molecule has 1 aromatic rings. The van der Waals surface area contributed by atoms with Crippen LogP contribution in [0.25, 0.3) is 6.08 Å². The first-order valence-electron chi connectivity index (χ1n) is 7.70. The summed E-state index contributed by atoms with van der Waals surface area (Å²) in [6, 6.07) is 7.99. The number of nitrogens with one attached hydrogen (secondary N) is 1. The largest absolute Gasteiger partial charge is 0.449 e. The van der Waals surface area contributed by atoms with Crippen molar-refractivity contribution >= 4 is 18.0 Å². The summed E-state index contributed by atoms with van der Waals surface area (Å²) in [6.45, 7) is 8.37. The van der Waals surface area contributed by atoms with Gasteiger partial charge in [0, 0.05) is 12.6 Å². The fourth-order valence-electron chi connectivity index (χ4n) is 1.82. The summed E-state index contributed by atoms with van der Waals surface area (Å²) in [7, 11) is 0. The molecule has 0 saturated heterocycles. The summed E-state index contributed by atoms with van der Waals surface area (Å²) in [6.07, 6.45) is 3.09. The molecule has 0 saturated carbocycles. The van der Waals surface area contributed by atoms with Crippen LogP contribution in [0.5, 0.6) is 0 Å². The second-order valence-corrected chi connectivity index (χ2v) is 5.52. The van der Waals surface area contributed by atoms with Crippen molar-refractivity contribution in [2.75, 3.05) is 6.54 Å². The molecule has 0 aliphatic heterocycles. The van der Waals surface area contributed by atoms with Gasteiger partial charge in [-0.15, -0.1) is 0 Å². The first kappa shape index (κ1) is 18.0. The number of hydrogen-bond acceptors (Lipinski definition) is 3. The first-order chi connectivity index (χ1) is 10.4. The van der Waals surface area contributed by atoms with Crippen molar-refractivity contribution < 1.29 is 14.3 Å². The molecule has 1 amide bonds. The Kier molecular flexibility index (Phi) is 7.37. The third-order valence-electron chi connectivity index (χ3n) is 3.23. The molecule has 1 rings (SSSR count). The molecule has 1 unspecified atom stereocenters. The van der Waals surface area contributed by atoms with Gasteiger partial charge in [0.25, 0.3) is 5.91 Å². The van der Waals surface area contributed by atoms with Crippen LogP contribution >= 0.6 is 0 Å². The van der Waals surface area contributed by atoms with E-state index in [0.29, 0.717) is 12.5 Å². The Bertz CT molecular complexity index is 518. The number of benzene rings is 1. The lowest BCUT2D eigenvalue weighted by molar-refractivity contribution is -0.150. The van der Waals surface area contributed by atoms with E-state index < -0.39 is 12.1 Å². The SMILES string of the molecule is CCCNC(=O)C(C)OC(=O)/C=C/c1ccc(C(C)C)cc1. The van der Waals surface area contributed by atoms with E-state index in [1.807, 2.05) is 31.2 Å². The minimum absolute atomic E-state index is 0.273. The highest BCUT2D eigenvalue weighted by Gasteiger charge is 2.15. The highest BCUT2D eigenvalue weighted by Crippen LogP contribution is 2.15. The lowest BCUT2D eigenvalue weighted by atomic mass is 10.0. The molecule has 0 spiro atoms. The standard InChI is InChI=1S/C18H25NO3/c1-5-12-19-18(21)14(4)22-17(20)11-8-15-6-9-16(10-7-15)13(2)3/h6-11,13-14H,5,12H2,1-4H3,(H,19,21)/b11-8+. The summed E-state index contributed by atoms with van der Waals surface area (Å²) in [5, 5.41) is 2.69. The summed E-state index contributed by atoms with van der Waals surface area (Å²) < 4.78 is 5.06. The summed E-state index contributed by atoms with van der Waals surface area (Å²) in [5.74, 6) is -0.317. The maximum atomic E-state index is 11.7. The second-order valence-electron chi connectivity index (χ2n) is 5.52. The predicted octanol–water partition coefficient (Wildman–Crippen LogP) is 3.28. The predicted molar refractivity (Wildman–Crippen MR) is 88.4 cm³/mol. The van der Waals surface area contributed by atoms with Gasteiger partial charge in [-0.25, -0.2) is 4.79 Å². The Morgan fingerprint density at radius 2 is 1.82 bits per heavy atom. The van der Waals surface area contributed by atoms with Crippen molar-refractivity contribution in [1.82, 2.24) is 5.32 Å². The molecule has 4 heteroatoms. The quantitative estimate of drug-likeness (QED) is 0.621. The van der Waals surface area contributed by atoms with Crippen molar-refractivity contribution in [3.63, 3.8) is 0 Å². The zero-order valence-electron chi connectivity index (χ0n) is 13.8. The zero-order chi connectivity index (χ0) is 16.5. The highest BCUT2D eigenvalue weighted by molar-refractivity contribution is 5.90. The van der Waals surface area contributed by atoms with E-state index in [4.69, 9.17) is 4.74 Å². The monoisotopic (exact) mass is 303 g/mol. The second kappa shape index (κ2) is 9.03. The third kappa shape index (κ3) is 6.12. The van der Waals surface area contributed by atoms with Crippen LogP contribution in [0.15, 0.2) is 30.3 Å². The molecular weight excluding hydrogens is 278 g/mol. The number of hydrogen-bond donors (Lipinski definition) is 1. The summed E-state index contributed by atoms with van der Waals surface area (Å²) >= 11 is 0. The van der Waals surface area contributed by atoms with Crippen molar-refractivity contribution in [2.45, 2.75) is 46.1 Å². The molecule has 0 fully saturated rings. The maximum Gasteiger partial charge on any atom is 0.331 e. The van der Waals surface area contributed by atoms with Crippen LogP contribution in [-0.4, -0.2) is 24.5 Å². The van der Waals surface area contributed by atoms with Gasteiger partial charge in [-0.3, -0.25) is 4.79 Å². The van der Waals surface area contributed by atoms with Gasteiger partial charge in [0.2, 0.25) is 0 Å². The third-order valence-corrected chi connectivity index (χ3v) is 3.23. The van der Waals surface area contributed by atoms with E-state index in [1.165, 1.54) is 11.6 Å². The fourth-order valence-corrected chi connectivity index (χ4v) is 1.82. The molecule has 0 heterocycles. The van der Waals surface area contributed by atoms with Crippen molar-refractivity contribution in [3.05, 3.63) is 41.5 Å². The average molecular weight is 303 g/mol. The molecule has 1 N–H and O–H groups in total. The zero-order valence-corrected chi connectivity index (χ0v) is 13.8. The van der Waals surface area contributed by atoms with Crippen LogP contribution in [0, 0.1) is 0 Å². The molecular formula is C18H25NO3. The van der Waals surface area contributed by atoms with Crippen LogP contribution in [0.4, 0.5) is 0 Å². The molecule has 1 atom stereocenters. The number of carbonyl (C=O) groups excluding carboxylic acids is 2. The maximum absolute atomic E-state index is 11.7. The molecule has 4 nitrogen and oxygen atoms in total. The number of esters is 1. The van der Waals surface area contributed by atoms with E-state index in [0.717, 1.165) is 12.0 Å². The Balaban J connectivity index is 2.51. The molecule has 0 aliphatic carbocycles. The Morgan fingerprint density at radius 3 is 2.36 bits per heavy atom. The number of ether oxygens (including phenoxy) is 1. The molecule has 22 heavy (non-hydrogen) atoms. The van der Waals surface area contributed by atoms with Gasteiger partial charge in [0.1, 0.15) is 0 Å². The minimum atomic E-state index is -0.785. The van der Waals surface area contributed by atoms with E-state index in [9.17, 15) is 9.59 Å². The van der Waals surface area contributed by atoms with Gasteiger partial charge in [-0.2, -0.15) is 0 Å². The van der Waals surface area contributed by atoms with E-state index in [2.05, 4.69) is 19.2 Å². The molecule has 120 valence electrons. The van der Waals surface area contributed by atoms with E-state index in [-0.39, 0.29) is 5.91 Å². The Morgan fingerprint density at radius 1 is 1.18 bits per heavy atom. The average Bonchev–Trinajstić information content (AvgIpc) is 2.50. The van der Waals surface area contributed by atoms with Crippen LogP contribution in [0.1, 0.15) is 51.2 Å².